The molecule has 0 bridgehead atoms. The molecule has 2 aromatic rings. The maximum absolute atomic E-state index is 11.2. The fourth-order valence-corrected chi connectivity index (χ4v) is 1.92. The number of benzene rings is 2. The van der Waals surface area contributed by atoms with Gasteiger partial charge in [0, 0.05) is 6.07 Å². The van der Waals surface area contributed by atoms with Crippen molar-refractivity contribution in [2.45, 2.75) is 0 Å². The predicted octanol–water partition coefficient (Wildman–Crippen LogP) is 2.83. The van der Waals surface area contributed by atoms with E-state index < -0.39 is 10.9 Å². The van der Waals surface area contributed by atoms with Gasteiger partial charge in [0.25, 0.3) is 5.69 Å². The Labute approximate surface area is 113 Å². The van der Waals surface area contributed by atoms with Gasteiger partial charge in [-0.1, -0.05) is 18.2 Å². The van der Waals surface area contributed by atoms with E-state index >= 15 is 0 Å². The number of carboxylic acid groups (broad SMARTS) is 1. The second-order valence-corrected chi connectivity index (χ2v) is 3.95. The predicted molar refractivity (Wildman–Crippen MR) is 70.2 cm³/mol. The summed E-state index contributed by atoms with van der Waals surface area (Å²) in [5, 5.41) is 29.1. The van der Waals surface area contributed by atoms with Crippen LogP contribution in [0.15, 0.2) is 42.5 Å². The maximum atomic E-state index is 11.2. The Balaban J connectivity index is 2.79. The van der Waals surface area contributed by atoms with Crippen molar-refractivity contribution < 1.29 is 14.8 Å². The summed E-state index contributed by atoms with van der Waals surface area (Å²) >= 11 is 0. The molecule has 0 spiro atoms. The summed E-state index contributed by atoms with van der Waals surface area (Å²) < 4.78 is 0. The van der Waals surface area contributed by atoms with E-state index in [9.17, 15) is 20.0 Å². The molecule has 2 rings (SSSR count). The van der Waals surface area contributed by atoms with Crippen molar-refractivity contribution >= 4 is 11.7 Å². The molecule has 0 atom stereocenters. The summed E-state index contributed by atoms with van der Waals surface area (Å²) in [4.78, 5) is 21.7. The number of aromatic carboxylic acids is 1. The van der Waals surface area contributed by atoms with Gasteiger partial charge >= 0.3 is 5.97 Å². The second kappa shape index (κ2) is 5.20. The van der Waals surface area contributed by atoms with Crippen LogP contribution in [0.25, 0.3) is 11.1 Å². The number of carboxylic acids is 1. The van der Waals surface area contributed by atoms with Gasteiger partial charge in [-0.3, -0.25) is 10.1 Å². The lowest BCUT2D eigenvalue weighted by Crippen LogP contribution is -2.03. The van der Waals surface area contributed by atoms with Crippen LogP contribution in [-0.4, -0.2) is 16.0 Å². The number of hydrogen-bond donors (Lipinski definition) is 1. The number of carbonyl (C=O) groups is 1. The molecule has 0 unspecified atom stereocenters. The average Bonchev–Trinajstić information content (AvgIpc) is 2.46. The third-order valence-corrected chi connectivity index (χ3v) is 2.75. The number of rotatable bonds is 3. The van der Waals surface area contributed by atoms with Crippen molar-refractivity contribution in [3.8, 4) is 17.2 Å². The van der Waals surface area contributed by atoms with Crippen LogP contribution >= 0.6 is 0 Å². The molecular weight excluding hydrogens is 260 g/mol. The van der Waals surface area contributed by atoms with E-state index in [0.29, 0.717) is 11.1 Å². The third kappa shape index (κ3) is 2.33. The van der Waals surface area contributed by atoms with E-state index in [4.69, 9.17) is 5.26 Å². The van der Waals surface area contributed by atoms with Crippen molar-refractivity contribution in [2.75, 3.05) is 0 Å². The number of nitro benzene ring substituents is 1. The molecule has 0 saturated carbocycles. The van der Waals surface area contributed by atoms with Gasteiger partial charge in [-0.05, 0) is 23.8 Å². The van der Waals surface area contributed by atoms with Gasteiger partial charge in [-0.15, -0.1) is 0 Å². The zero-order valence-corrected chi connectivity index (χ0v) is 10.1. The van der Waals surface area contributed by atoms with Gasteiger partial charge in [0.1, 0.15) is 0 Å². The molecule has 6 heteroatoms. The highest BCUT2D eigenvalue weighted by Crippen LogP contribution is 2.33. The molecule has 0 amide bonds. The Morgan fingerprint density at radius 1 is 1.25 bits per heavy atom. The van der Waals surface area contributed by atoms with Gasteiger partial charge < -0.3 is 5.11 Å². The molecular formula is C14H8N2O4. The third-order valence-electron chi connectivity index (χ3n) is 2.75. The zero-order chi connectivity index (χ0) is 14.7. The van der Waals surface area contributed by atoms with Crippen LogP contribution in [0.1, 0.15) is 15.9 Å². The standard InChI is InChI=1S/C14H8N2O4/c15-8-9-3-1-4-10(7-9)13-11(14(17)18)5-2-6-12(13)16(19)20/h1-7H,(H,17,18). The highest BCUT2D eigenvalue weighted by Gasteiger charge is 2.22. The van der Waals surface area contributed by atoms with Gasteiger partial charge in [-0.2, -0.15) is 5.26 Å². The summed E-state index contributed by atoms with van der Waals surface area (Å²) in [7, 11) is 0. The molecule has 0 fully saturated rings. The van der Waals surface area contributed by atoms with Crippen LogP contribution in [0.2, 0.25) is 0 Å². The van der Waals surface area contributed by atoms with Crippen molar-refractivity contribution in [1.29, 1.82) is 5.26 Å². The Hall–Kier alpha value is -3.20. The average molecular weight is 268 g/mol. The number of nitro groups is 1. The van der Waals surface area contributed by atoms with Gasteiger partial charge in [-0.25, -0.2) is 4.79 Å². The fraction of sp³-hybridized carbons (Fsp3) is 0. The Morgan fingerprint density at radius 2 is 1.95 bits per heavy atom. The first kappa shape index (κ1) is 13.2. The molecule has 6 nitrogen and oxygen atoms in total. The van der Waals surface area contributed by atoms with Crippen molar-refractivity contribution in [1.82, 2.24) is 0 Å². The van der Waals surface area contributed by atoms with Gasteiger partial charge in [0.15, 0.2) is 0 Å². The lowest BCUT2D eigenvalue weighted by molar-refractivity contribution is -0.384. The first-order valence-electron chi connectivity index (χ1n) is 5.56. The topological polar surface area (TPSA) is 104 Å². The molecule has 0 radical (unpaired) electrons. The number of hydrogen-bond acceptors (Lipinski definition) is 4. The lowest BCUT2D eigenvalue weighted by atomic mass is 9.96. The molecule has 0 aliphatic rings. The molecule has 98 valence electrons. The van der Waals surface area contributed by atoms with E-state index in [0.717, 1.165) is 0 Å². The molecule has 0 aromatic heterocycles. The van der Waals surface area contributed by atoms with E-state index in [-0.39, 0.29) is 16.8 Å². The van der Waals surface area contributed by atoms with Crippen molar-refractivity contribution in [2.24, 2.45) is 0 Å². The van der Waals surface area contributed by atoms with E-state index in [1.807, 2.05) is 6.07 Å². The minimum absolute atomic E-state index is 0.00194. The first-order chi connectivity index (χ1) is 9.54. The monoisotopic (exact) mass is 268 g/mol. The second-order valence-electron chi connectivity index (χ2n) is 3.95. The summed E-state index contributed by atoms with van der Waals surface area (Å²) in [6, 6.07) is 11.8. The summed E-state index contributed by atoms with van der Waals surface area (Å²) in [6.07, 6.45) is 0. The van der Waals surface area contributed by atoms with E-state index in [1.165, 1.54) is 30.3 Å². The lowest BCUT2D eigenvalue weighted by Gasteiger charge is -2.07. The minimum atomic E-state index is -1.26. The van der Waals surface area contributed by atoms with E-state index in [1.54, 1.807) is 12.1 Å². The van der Waals surface area contributed by atoms with Crippen molar-refractivity contribution in [3.05, 3.63) is 63.7 Å². The summed E-state index contributed by atoms with van der Waals surface area (Å²) in [6.45, 7) is 0. The van der Waals surface area contributed by atoms with Crippen LogP contribution in [0.4, 0.5) is 5.69 Å². The smallest absolute Gasteiger partial charge is 0.336 e. The first-order valence-corrected chi connectivity index (χ1v) is 5.56. The summed E-state index contributed by atoms with van der Waals surface area (Å²) in [5.41, 5.74) is 0.155. The highest BCUT2D eigenvalue weighted by atomic mass is 16.6. The molecule has 0 aliphatic carbocycles. The Morgan fingerprint density at radius 3 is 2.55 bits per heavy atom. The molecule has 0 aliphatic heterocycles. The molecule has 0 saturated heterocycles. The highest BCUT2D eigenvalue weighted by molar-refractivity contribution is 5.99. The van der Waals surface area contributed by atoms with Crippen LogP contribution in [-0.2, 0) is 0 Å². The van der Waals surface area contributed by atoms with E-state index in [2.05, 4.69) is 0 Å². The van der Waals surface area contributed by atoms with Gasteiger partial charge in [0.05, 0.1) is 27.7 Å². The Kier molecular flexibility index (Phi) is 3.44. The number of nitriles is 1. The maximum Gasteiger partial charge on any atom is 0.336 e. The SMILES string of the molecule is N#Cc1cccc(-c2c(C(=O)O)cccc2[N+](=O)[O-])c1. The van der Waals surface area contributed by atoms with Crippen molar-refractivity contribution in [3.63, 3.8) is 0 Å². The number of nitrogens with zero attached hydrogens (tertiary/aromatic N) is 2. The molecule has 20 heavy (non-hydrogen) atoms. The zero-order valence-electron chi connectivity index (χ0n) is 10.1. The molecule has 2 aromatic carbocycles. The Bertz CT molecular complexity index is 715. The van der Waals surface area contributed by atoms with Crippen LogP contribution in [0.5, 0.6) is 0 Å². The normalized spacial score (nSPS) is 9.75. The minimum Gasteiger partial charge on any atom is -0.478 e. The van der Waals surface area contributed by atoms with Crippen LogP contribution in [0.3, 0.4) is 0 Å². The fourth-order valence-electron chi connectivity index (χ4n) is 1.92. The summed E-state index contributed by atoms with van der Waals surface area (Å²) in [5.74, 6) is -1.26. The largest absolute Gasteiger partial charge is 0.478 e. The van der Waals surface area contributed by atoms with Crippen LogP contribution < -0.4 is 0 Å². The molecule has 0 heterocycles. The molecule has 1 N–H and O–H groups in total. The van der Waals surface area contributed by atoms with Gasteiger partial charge in [0.2, 0.25) is 0 Å². The van der Waals surface area contributed by atoms with Crippen LogP contribution in [0, 0.1) is 21.4 Å². The quantitative estimate of drug-likeness (QED) is 0.680.